The number of rotatable bonds is 5. The molecule has 1 heterocycles. The van der Waals surface area contributed by atoms with Crippen LogP contribution < -0.4 is 11.3 Å². The molecule has 0 aliphatic heterocycles. The first-order chi connectivity index (χ1) is 8.70. The van der Waals surface area contributed by atoms with Crippen LogP contribution in [0, 0.1) is 0 Å². The molecule has 2 rings (SSSR count). The molecule has 0 saturated carbocycles. The Morgan fingerprint density at radius 2 is 2.06 bits per heavy atom. The largest absolute Gasteiger partial charge is 0.309 e. The molecule has 0 saturated heterocycles. The zero-order chi connectivity index (χ0) is 13.0. The maximum absolute atomic E-state index is 5.39. The number of hydrogen-bond donors (Lipinski definition) is 2. The SMILES string of the molecule is CN(C)CCSc1nc(NN)nc2ccccc12. The molecule has 0 amide bonds. The van der Waals surface area contributed by atoms with Crippen LogP contribution in [0.4, 0.5) is 5.95 Å². The van der Waals surface area contributed by atoms with Crippen LogP contribution in [0.3, 0.4) is 0 Å². The Kier molecular flexibility index (Phi) is 4.35. The van der Waals surface area contributed by atoms with Crippen LogP contribution in [-0.2, 0) is 0 Å². The minimum atomic E-state index is 0.459. The van der Waals surface area contributed by atoms with E-state index in [1.165, 1.54) is 0 Å². The van der Waals surface area contributed by atoms with Crippen molar-refractivity contribution in [2.75, 3.05) is 31.8 Å². The lowest BCUT2D eigenvalue weighted by molar-refractivity contribution is 0.437. The molecule has 0 bridgehead atoms. The third-order valence-electron chi connectivity index (χ3n) is 2.47. The van der Waals surface area contributed by atoms with Crippen LogP contribution in [0.15, 0.2) is 29.3 Å². The fourth-order valence-electron chi connectivity index (χ4n) is 1.55. The summed E-state index contributed by atoms with van der Waals surface area (Å²) >= 11 is 1.72. The number of anilines is 1. The molecule has 1 aromatic carbocycles. The highest BCUT2D eigenvalue weighted by atomic mass is 32.2. The molecule has 0 atom stereocenters. The highest BCUT2D eigenvalue weighted by molar-refractivity contribution is 7.99. The van der Waals surface area contributed by atoms with E-state index in [1.54, 1.807) is 11.8 Å². The minimum Gasteiger partial charge on any atom is -0.309 e. The molecule has 0 unspecified atom stereocenters. The summed E-state index contributed by atoms with van der Waals surface area (Å²) in [6.07, 6.45) is 0. The van der Waals surface area contributed by atoms with E-state index in [-0.39, 0.29) is 0 Å². The van der Waals surface area contributed by atoms with E-state index >= 15 is 0 Å². The van der Waals surface area contributed by atoms with Crippen molar-refractivity contribution in [3.63, 3.8) is 0 Å². The van der Waals surface area contributed by atoms with E-state index in [2.05, 4.69) is 34.4 Å². The van der Waals surface area contributed by atoms with Gasteiger partial charge in [0.05, 0.1) is 5.52 Å². The number of aromatic nitrogens is 2. The van der Waals surface area contributed by atoms with Gasteiger partial charge in [-0.3, -0.25) is 5.43 Å². The minimum absolute atomic E-state index is 0.459. The van der Waals surface area contributed by atoms with Crippen molar-refractivity contribution in [2.24, 2.45) is 5.84 Å². The molecule has 0 fully saturated rings. The number of nitrogen functional groups attached to an aromatic ring is 1. The van der Waals surface area contributed by atoms with Gasteiger partial charge in [-0.05, 0) is 20.2 Å². The number of nitrogens with zero attached hydrogens (tertiary/aromatic N) is 3. The molecule has 18 heavy (non-hydrogen) atoms. The van der Waals surface area contributed by atoms with Gasteiger partial charge < -0.3 is 4.90 Å². The van der Waals surface area contributed by atoms with Crippen LogP contribution >= 0.6 is 11.8 Å². The van der Waals surface area contributed by atoms with Gasteiger partial charge in [0.2, 0.25) is 5.95 Å². The van der Waals surface area contributed by atoms with Crippen LogP contribution in [0.2, 0.25) is 0 Å². The lowest BCUT2D eigenvalue weighted by atomic mass is 10.2. The Morgan fingerprint density at radius 3 is 2.78 bits per heavy atom. The van der Waals surface area contributed by atoms with Gasteiger partial charge in [-0.25, -0.2) is 15.8 Å². The molecule has 0 aliphatic rings. The van der Waals surface area contributed by atoms with E-state index < -0.39 is 0 Å². The Labute approximate surface area is 111 Å². The molecular weight excluding hydrogens is 246 g/mol. The first-order valence-electron chi connectivity index (χ1n) is 5.71. The van der Waals surface area contributed by atoms with E-state index in [1.807, 2.05) is 24.3 Å². The third kappa shape index (κ3) is 3.10. The lowest BCUT2D eigenvalue weighted by Gasteiger charge is -2.10. The van der Waals surface area contributed by atoms with Crippen molar-refractivity contribution in [3.8, 4) is 0 Å². The van der Waals surface area contributed by atoms with Gasteiger partial charge >= 0.3 is 0 Å². The molecular formula is C12H17N5S. The predicted molar refractivity (Wildman–Crippen MR) is 76.6 cm³/mol. The summed E-state index contributed by atoms with van der Waals surface area (Å²) in [5.74, 6) is 6.84. The van der Waals surface area contributed by atoms with Crippen LogP contribution in [0.25, 0.3) is 10.9 Å². The van der Waals surface area contributed by atoms with Crippen molar-refractivity contribution in [3.05, 3.63) is 24.3 Å². The molecule has 5 nitrogen and oxygen atoms in total. The van der Waals surface area contributed by atoms with E-state index in [0.717, 1.165) is 28.2 Å². The maximum atomic E-state index is 5.39. The Bertz CT molecular complexity index is 529. The topological polar surface area (TPSA) is 67.1 Å². The van der Waals surface area contributed by atoms with Crippen LogP contribution in [0.1, 0.15) is 0 Å². The van der Waals surface area contributed by atoms with Crippen LogP contribution in [0.5, 0.6) is 0 Å². The maximum Gasteiger partial charge on any atom is 0.238 e. The van der Waals surface area contributed by atoms with Gasteiger partial charge in [0.1, 0.15) is 5.03 Å². The number of fused-ring (bicyclic) bond motifs is 1. The van der Waals surface area contributed by atoms with Gasteiger partial charge in [0.15, 0.2) is 0 Å². The Hall–Kier alpha value is -1.37. The summed E-state index contributed by atoms with van der Waals surface area (Å²) in [7, 11) is 4.12. The number of nitrogens with two attached hydrogens (primary N) is 1. The van der Waals surface area contributed by atoms with Crippen LogP contribution in [-0.4, -0.2) is 41.3 Å². The average molecular weight is 263 g/mol. The number of hydrogen-bond acceptors (Lipinski definition) is 6. The quantitative estimate of drug-likeness (QED) is 0.369. The summed E-state index contributed by atoms with van der Waals surface area (Å²) in [6, 6.07) is 7.96. The molecule has 6 heteroatoms. The first kappa shape index (κ1) is 13.1. The van der Waals surface area contributed by atoms with Gasteiger partial charge in [-0.1, -0.05) is 18.2 Å². The van der Waals surface area contributed by atoms with Crippen molar-refractivity contribution in [1.82, 2.24) is 14.9 Å². The second kappa shape index (κ2) is 5.99. The molecule has 1 aromatic heterocycles. The summed E-state index contributed by atoms with van der Waals surface area (Å²) in [5.41, 5.74) is 3.42. The molecule has 0 aliphatic carbocycles. The number of thioether (sulfide) groups is 1. The Balaban J connectivity index is 2.29. The van der Waals surface area contributed by atoms with Gasteiger partial charge in [0.25, 0.3) is 0 Å². The fraction of sp³-hybridized carbons (Fsp3) is 0.333. The third-order valence-corrected chi connectivity index (χ3v) is 3.45. The highest BCUT2D eigenvalue weighted by Crippen LogP contribution is 2.26. The predicted octanol–water partition coefficient (Wildman–Crippen LogP) is 1.57. The molecule has 96 valence electrons. The molecule has 2 aromatic rings. The molecule has 3 N–H and O–H groups in total. The molecule has 0 radical (unpaired) electrons. The zero-order valence-corrected chi connectivity index (χ0v) is 11.4. The highest BCUT2D eigenvalue weighted by Gasteiger charge is 2.07. The summed E-state index contributed by atoms with van der Waals surface area (Å²) < 4.78 is 0. The normalized spacial score (nSPS) is 11.1. The average Bonchev–Trinajstić information content (AvgIpc) is 2.38. The smallest absolute Gasteiger partial charge is 0.238 e. The monoisotopic (exact) mass is 263 g/mol. The number of benzene rings is 1. The van der Waals surface area contributed by atoms with Gasteiger partial charge in [-0.15, -0.1) is 11.8 Å². The zero-order valence-electron chi connectivity index (χ0n) is 10.6. The lowest BCUT2D eigenvalue weighted by Crippen LogP contribution is -2.15. The number of hydrazine groups is 1. The molecule has 0 spiro atoms. The number of nitrogens with one attached hydrogen (secondary N) is 1. The summed E-state index contributed by atoms with van der Waals surface area (Å²) in [5, 5.41) is 2.04. The fourth-order valence-corrected chi connectivity index (χ4v) is 2.68. The summed E-state index contributed by atoms with van der Waals surface area (Å²) in [4.78, 5) is 10.9. The van der Waals surface area contributed by atoms with Gasteiger partial charge in [0, 0.05) is 17.7 Å². The number of para-hydroxylation sites is 1. The first-order valence-corrected chi connectivity index (χ1v) is 6.70. The standard InChI is InChI=1S/C12H17N5S/c1-17(2)7-8-18-11-9-5-3-4-6-10(9)14-12(15-11)16-13/h3-6H,7-8,13H2,1-2H3,(H,14,15,16). The summed E-state index contributed by atoms with van der Waals surface area (Å²) in [6.45, 7) is 1.01. The van der Waals surface area contributed by atoms with Crippen molar-refractivity contribution in [2.45, 2.75) is 5.03 Å². The van der Waals surface area contributed by atoms with E-state index in [4.69, 9.17) is 5.84 Å². The van der Waals surface area contributed by atoms with Gasteiger partial charge in [-0.2, -0.15) is 0 Å². The second-order valence-corrected chi connectivity index (χ2v) is 5.25. The van der Waals surface area contributed by atoms with Crippen molar-refractivity contribution in [1.29, 1.82) is 0 Å². The van der Waals surface area contributed by atoms with E-state index in [0.29, 0.717) is 5.95 Å². The van der Waals surface area contributed by atoms with Crippen molar-refractivity contribution < 1.29 is 0 Å². The van der Waals surface area contributed by atoms with E-state index in [9.17, 15) is 0 Å². The van der Waals surface area contributed by atoms with Crippen molar-refractivity contribution >= 4 is 28.6 Å². The Morgan fingerprint density at radius 1 is 1.28 bits per heavy atom. The second-order valence-electron chi connectivity index (χ2n) is 4.17.